The molecule has 2 N–H and O–H groups in total. The number of hydrogen-bond acceptors (Lipinski definition) is 5. The van der Waals surface area contributed by atoms with E-state index in [0.29, 0.717) is 35.1 Å². The Balaban J connectivity index is 1.71. The van der Waals surface area contributed by atoms with Gasteiger partial charge in [0.25, 0.3) is 5.91 Å². The molecule has 3 aromatic rings. The summed E-state index contributed by atoms with van der Waals surface area (Å²) in [6.07, 6.45) is 7.84. The summed E-state index contributed by atoms with van der Waals surface area (Å²) in [5, 5.41) is 4.42. The Morgan fingerprint density at radius 3 is 2.85 bits per heavy atom. The number of carbonyl (C=O) groups excluding carboxylic acids is 1. The quantitative estimate of drug-likeness (QED) is 0.705. The predicted molar refractivity (Wildman–Crippen MR) is 104 cm³/mol. The van der Waals surface area contributed by atoms with Crippen molar-refractivity contribution in [1.82, 2.24) is 24.5 Å². The third-order valence-corrected chi connectivity index (χ3v) is 4.96. The van der Waals surface area contributed by atoms with Gasteiger partial charge >= 0.3 is 0 Å². The zero-order valence-electron chi connectivity index (χ0n) is 15.1. The first-order chi connectivity index (χ1) is 13.2. The van der Waals surface area contributed by atoms with Gasteiger partial charge in [0.15, 0.2) is 5.65 Å². The van der Waals surface area contributed by atoms with Crippen LogP contribution in [0.25, 0.3) is 17.2 Å². The van der Waals surface area contributed by atoms with Crippen LogP contribution in [0.1, 0.15) is 36.0 Å². The molecule has 7 heteroatoms. The van der Waals surface area contributed by atoms with E-state index in [2.05, 4.69) is 21.6 Å². The Hall–Kier alpha value is -3.22. The molecule has 1 saturated carbocycles. The third-order valence-electron chi connectivity index (χ3n) is 4.96. The molecule has 0 radical (unpaired) electrons. The van der Waals surface area contributed by atoms with Crippen molar-refractivity contribution in [1.29, 1.82) is 0 Å². The van der Waals surface area contributed by atoms with Crippen LogP contribution in [0.5, 0.6) is 0 Å². The van der Waals surface area contributed by atoms with E-state index in [1.54, 1.807) is 24.4 Å². The number of amides is 1. The van der Waals surface area contributed by atoms with Crippen molar-refractivity contribution in [2.75, 3.05) is 12.3 Å². The average molecular weight is 362 g/mol. The van der Waals surface area contributed by atoms with Crippen molar-refractivity contribution in [3.8, 4) is 11.5 Å². The van der Waals surface area contributed by atoms with Crippen LogP contribution in [0.15, 0.2) is 49.2 Å². The molecule has 0 unspecified atom stereocenters. The lowest BCUT2D eigenvalue weighted by Crippen LogP contribution is -2.39. The van der Waals surface area contributed by atoms with Crippen molar-refractivity contribution in [2.45, 2.75) is 31.7 Å². The van der Waals surface area contributed by atoms with Crippen LogP contribution < -0.4 is 5.73 Å². The molecule has 1 amide bonds. The average Bonchev–Trinajstić information content (AvgIpc) is 3.36. The number of hydrogen-bond donors (Lipinski definition) is 1. The Kier molecular flexibility index (Phi) is 4.58. The standard InChI is InChI=1S/C20H22N6O/c1-2-11-25(15-7-3-4-8-15)20(27)14-12-17(21)26-18(13-14)23-19(24-26)16-9-5-6-10-22-16/h2,5-6,9-10,12-13,15H,1,3-4,7-8,11,21H2. The van der Waals surface area contributed by atoms with E-state index in [-0.39, 0.29) is 11.9 Å². The highest BCUT2D eigenvalue weighted by Crippen LogP contribution is 2.26. The fourth-order valence-corrected chi connectivity index (χ4v) is 3.65. The fraction of sp³-hybridized carbons (Fsp3) is 0.300. The number of nitrogens with two attached hydrogens (primary N) is 1. The van der Waals surface area contributed by atoms with Crippen LogP contribution in [-0.2, 0) is 0 Å². The third kappa shape index (κ3) is 3.28. The van der Waals surface area contributed by atoms with Gasteiger partial charge in [0.05, 0.1) is 0 Å². The van der Waals surface area contributed by atoms with Gasteiger partial charge in [-0.05, 0) is 37.1 Å². The first-order valence-corrected chi connectivity index (χ1v) is 9.17. The number of fused-ring (bicyclic) bond motifs is 1. The lowest BCUT2D eigenvalue weighted by molar-refractivity contribution is 0.0706. The molecule has 4 rings (SSSR count). The smallest absolute Gasteiger partial charge is 0.254 e. The topological polar surface area (TPSA) is 89.4 Å². The zero-order chi connectivity index (χ0) is 18.8. The molecule has 138 valence electrons. The van der Waals surface area contributed by atoms with E-state index in [0.717, 1.165) is 25.7 Å². The van der Waals surface area contributed by atoms with Crippen molar-refractivity contribution in [3.63, 3.8) is 0 Å². The molecular weight excluding hydrogens is 340 g/mol. The number of rotatable bonds is 5. The number of pyridine rings is 2. The van der Waals surface area contributed by atoms with Gasteiger partial charge in [-0.2, -0.15) is 4.52 Å². The number of anilines is 1. The minimum atomic E-state index is -0.0432. The lowest BCUT2D eigenvalue weighted by Gasteiger charge is -2.28. The maximum Gasteiger partial charge on any atom is 0.254 e. The SMILES string of the molecule is C=CCN(C(=O)c1cc(N)n2nc(-c3ccccn3)nc2c1)C1CCCC1. The minimum absolute atomic E-state index is 0.0432. The molecule has 27 heavy (non-hydrogen) atoms. The maximum atomic E-state index is 13.1. The maximum absolute atomic E-state index is 13.1. The molecule has 0 spiro atoms. The molecule has 7 nitrogen and oxygen atoms in total. The van der Waals surface area contributed by atoms with Crippen molar-refractivity contribution in [2.24, 2.45) is 0 Å². The molecule has 0 bridgehead atoms. The summed E-state index contributed by atoms with van der Waals surface area (Å²) in [7, 11) is 0. The summed E-state index contributed by atoms with van der Waals surface area (Å²) in [5.41, 5.74) is 7.88. The molecular formula is C20H22N6O. The summed E-state index contributed by atoms with van der Waals surface area (Å²) in [4.78, 5) is 23.8. The van der Waals surface area contributed by atoms with Crippen LogP contribution >= 0.6 is 0 Å². The predicted octanol–water partition coefficient (Wildman–Crippen LogP) is 2.94. The van der Waals surface area contributed by atoms with E-state index < -0.39 is 0 Å². The summed E-state index contributed by atoms with van der Waals surface area (Å²) in [5.74, 6) is 0.805. The van der Waals surface area contributed by atoms with Gasteiger partial charge in [0, 0.05) is 24.3 Å². The molecule has 1 aliphatic carbocycles. The summed E-state index contributed by atoms with van der Waals surface area (Å²) >= 11 is 0. The van der Waals surface area contributed by atoms with E-state index in [1.165, 1.54) is 4.52 Å². The normalized spacial score (nSPS) is 14.5. The van der Waals surface area contributed by atoms with Gasteiger partial charge in [0.1, 0.15) is 11.5 Å². The second kappa shape index (κ2) is 7.19. The summed E-state index contributed by atoms with van der Waals surface area (Å²) < 4.78 is 1.54. The second-order valence-electron chi connectivity index (χ2n) is 6.77. The molecule has 0 saturated heterocycles. The summed E-state index contributed by atoms with van der Waals surface area (Å²) in [6, 6.07) is 9.21. The Labute approximate surface area is 157 Å². The Morgan fingerprint density at radius 2 is 2.15 bits per heavy atom. The van der Waals surface area contributed by atoms with E-state index in [1.807, 2.05) is 23.1 Å². The van der Waals surface area contributed by atoms with Crippen LogP contribution in [0.2, 0.25) is 0 Å². The first-order valence-electron chi connectivity index (χ1n) is 9.17. The highest BCUT2D eigenvalue weighted by atomic mass is 16.2. The molecule has 0 aliphatic heterocycles. The number of nitrogen functional groups attached to an aromatic ring is 1. The molecule has 0 atom stereocenters. The fourth-order valence-electron chi connectivity index (χ4n) is 3.65. The molecule has 1 fully saturated rings. The highest BCUT2D eigenvalue weighted by Gasteiger charge is 2.27. The number of aromatic nitrogens is 4. The molecule has 3 heterocycles. The van der Waals surface area contributed by atoms with Crippen LogP contribution in [0.3, 0.4) is 0 Å². The van der Waals surface area contributed by atoms with Gasteiger partial charge in [-0.3, -0.25) is 9.78 Å². The summed E-state index contributed by atoms with van der Waals surface area (Å²) in [6.45, 7) is 4.33. The monoisotopic (exact) mass is 362 g/mol. The molecule has 1 aliphatic rings. The lowest BCUT2D eigenvalue weighted by atomic mass is 10.1. The largest absolute Gasteiger partial charge is 0.384 e. The highest BCUT2D eigenvalue weighted by molar-refractivity contribution is 5.96. The molecule has 0 aromatic carbocycles. The Morgan fingerprint density at radius 1 is 1.33 bits per heavy atom. The van der Waals surface area contributed by atoms with Gasteiger partial charge in [0.2, 0.25) is 5.82 Å². The number of nitrogens with zero attached hydrogens (tertiary/aromatic N) is 5. The van der Waals surface area contributed by atoms with Crippen molar-refractivity contribution in [3.05, 3.63) is 54.7 Å². The van der Waals surface area contributed by atoms with Crippen LogP contribution in [0, 0.1) is 0 Å². The van der Waals surface area contributed by atoms with E-state index >= 15 is 0 Å². The van der Waals surface area contributed by atoms with Crippen LogP contribution in [-0.4, -0.2) is 43.0 Å². The van der Waals surface area contributed by atoms with Gasteiger partial charge in [-0.25, -0.2) is 4.98 Å². The second-order valence-corrected chi connectivity index (χ2v) is 6.77. The van der Waals surface area contributed by atoms with Gasteiger partial charge in [-0.15, -0.1) is 11.7 Å². The first kappa shape index (κ1) is 17.2. The zero-order valence-corrected chi connectivity index (χ0v) is 15.1. The van der Waals surface area contributed by atoms with Crippen molar-refractivity contribution >= 4 is 17.4 Å². The van der Waals surface area contributed by atoms with E-state index in [4.69, 9.17) is 5.73 Å². The van der Waals surface area contributed by atoms with Gasteiger partial charge in [-0.1, -0.05) is 25.0 Å². The minimum Gasteiger partial charge on any atom is -0.384 e. The van der Waals surface area contributed by atoms with E-state index in [9.17, 15) is 4.79 Å². The Bertz CT molecular complexity index is 975. The molecule has 3 aromatic heterocycles. The van der Waals surface area contributed by atoms with Gasteiger partial charge < -0.3 is 10.6 Å². The van der Waals surface area contributed by atoms with Crippen LogP contribution in [0.4, 0.5) is 5.82 Å². The number of carbonyl (C=O) groups is 1. The van der Waals surface area contributed by atoms with Crippen molar-refractivity contribution < 1.29 is 4.79 Å².